The second-order valence-corrected chi connectivity index (χ2v) is 7.99. The van der Waals surface area contributed by atoms with Gasteiger partial charge in [0.1, 0.15) is 23.5 Å². The molecule has 152 valence electrons. The molecule has 2 atom stereocenters. The minimum atomic E-state index is -0.714. The number of halogens is 2. The second kappa shape index (κ2) is 6.86. The number of Topliss-reactive ketones (excluding diaryl/α,β-unsaturated/α-hetero) is 1. The zero-order chi connectivity index (χ0) is 21.0. The van der Waals surface area contributed by atoms with Gasteiger partial charge in [0.15, 0.2) is 5.78 Å². The summed E-state index contributed by atoms with van der Waals surface area (Å²) in [6.07, 6.45) is 0.950. The van der Waals surface area contributed by atoms with E-state index in [1.54, 1.807) is 11.6 Å². The van der Waals surface area contributed by atoms with Crippen molar-refractivity contribution in [1.29, 1.82) is 0 Å². The third-order valence-corrected chi connectivity index (χ3v) is 5.78. The molecule has 3 aromatic rings. The second-order valence-electron chi connectivity index (χ2n) is 7.99. The number of allylic oxidation sites excluding steroid dienone is 2. The van der Waals surface area contributed by atoms with Crippen molar-refractivity contribution < 1.29 is 13.6 Å². The molecule has 5 nitrogen and oxygen atoms in total. The number of benzene rings is 2. The molecule has 1 aliphatic carbocycles. The highest BCUT2D eigenvalue weighted by molar-refractivity contribution is 6.00. The number of aromatic nitrogens is 3. The fourth-order valence-electron chi connectivity index (χ4n) is 4.43. The number of carbonyl (C=O) groups is 1. The summed E-state index contributed by atoms with van der Waals surface area (Å²) < 4.78 is 29.5. The SMILES string of the molecule is Cc1ccc([C@@H]2CC(=O)C3=C(C2)Nc2nc(C)nn2[C@H]3c2cc(F)cc(F)c2)cc1. The smallest absolute Gasteiger partial charge is 0.226 e. The van der Waals surface area contributed by atoms with Crippen LogP contribution in [0.25, 0.3) is 0 Å². The van der Waals surface area contributed by atoms with Gasteiger partial charge >= 0.3 is 0 Å². The van der Waals surface area contributed by atoms with Gasteiger partial charge in [-0.15, -0.1) is 0 Å². The maximum Gasteiger partial charge on any atom is 0.226 e. The average molecular weight is 406 g/mol. The van der Waals surface area contributed by atoms with Crippen LogP contribution in [0, 0.1) is 25.5 Å². The Morgan fingerprint density at radius 1 is 1.00 bits per heavy atom. The standard InChI is InChI=1S/C23H20F2N4O/c1-12-3-5-14(6-4-12)15-9-19-21(20(30)10-15)22(16-7-17(24)11-18(25)8-16)29-23(27-19)26-13(2)28-29/h3-8,11,15,22H,9-10H2,1-2H3,(H,26,27,28)/t15-,22-/m0/s1. The molecule has 0 unspecified atom stereocenters. The molecular weight excluding hydrogens is 386 g/mol. The lowest BCUT2D eigenvalue weighted by molar-refractivity contribution is -0.116. The predicted octanol–water partition coefficient (Wildman–Crippen LogP) is 4.59. The van der Waals surface area contributed by atoms with Crippen molar-refractivity contribution in [2.24, 2.45) is 0 Å². The van der Waals surface area contributed by atoms with E-state index in [1.807, 2.05) is 31.2 Å². The summed E-state index contributed by atoms with van der Waals surface area (Å²) in [6, 6.07) is 10.8. The number of aryl methyl sites for hydroxylation is 2. The molecule has 0 amide bonds. The molecule has 1 aromatic heterocycles. The van der Waals surface area contributed by atoms with Crippen molar-refractivity contribution in [3.05, 3.63) is 87.9 Å². The first-order chi connectivity index (χ1) is 14.4. The van der Waals surface area contributed by atoms with Crippen molar-refractivity contribution in [2.75, 3.05) is 5.32 Å². The number of carbonyl (C=O) groups excluding carboxylic acids is 1. The van der Waals surface area contributed by atoms with Gasteiger partial charge in [-0.25, -0.2) is 13.5 Å². The van der Waals surface area contributed by atoms with Gasteiger partial charge in [0, 0.05) is 23.8 Å². The Morgan fingerprint density at radius 2 is 1.70 bits per heavy atom. The molecule has 0 spiro atoms. The van der Waals surface area contributed by atoms with Gasteiger partial charge in [-0.3, -0.25) is 4.79 Å². The number of ketones is 1. The van der Waals surface area contributed by atoms with E-state index in [0.717, 1.165) is 22.9 Å². The molecule has 2 heterocycles. The Balaban J connectivity index is 1.62. The number of nitrogens with zero attached hydrogens (tertiary/aromatic N) is 3. The summed E-state index contributed by atoms with van der Waals surface area (Å²) in [5.41, 5.74) is 3.84. The van der Waals surface area contributed by atoms with E-state index in [2.05, 4.69) is 15.4 Å². The quantitative estimate of drug-likeness (QED) is 0.676. The van der Waals surface area contributed by atoms with E-state index in [-0.39, 0.29) is 11.7 Å². The summed E-state index contributed by atoms with van der Waals surface area (Å²) in [4.78, 5) is 17.7. The van der Waals surface area contributed by atoms with Crippen molar-refractivity contribution in [3.8, 4) is 0 Å². The number of hydrogen-bond acceptors (Lipinski definition) is 4. The van der Waals surface area contributed by atoms with Crippen molar-refractivity contribution in [2.45, 2.75) is 38.6 Å². The number of hydrogen-bond donors (Lipinski definition) is 1. The van der Waals surface area contributed by atoms with E-state index < -0.39 is 17.7 Å². The minimum Gasteiger partial charge on any atom is -0.328 e. The predicted molar refractivity (Wildman–Crippen MR) is 108 cm³/mol. The average Bonchev–Trinajstić information content (AvgIpc) is 3.05. The lowest BCUT2D eigenvalue weighted by Crippen LogP contribution is -2.33. The van der Waals surface area contributed by atoms with Crippen LogP contribution < -0.4 is 5.32 Å². The van der Waals surface area contributed by atoms with Crippen LogP contribution in [0.2, 0.25) is 0 Å². The van der Waals surface area contributed by atoms with Gasteiger partial charge in [0.2, 0.25) is 5.95 Å². The van der Waals surface area contributed by atoms with Crippen LogP contribution in [0.5, 0.6) is 0 Å². The summed E-state index contributed by atoms with van der Waals surface area (Å²) in [5, 5.41) is 7.64. The van der Waals surface area contributed by atoms with Crippen LogP contribution in [0.15, 0.2) is 53.7 Å². The van der Waals surface area contributed by atoms with Crippen LogP contribution in [-0.4, -0.2) is 20.5 Å². The molecule has 5 rings (SSSR count). The van der Waals surface area contributed by atoms with Crippen LogP contribution in [-0.2, 0) is 4.79 Å². The van der Waals surface area contributed by atoms with E-state index in [9.17, 15) is 13.6 Å². The number of anilines is 1. The summed E-state index contributed by atoms with van der Waals surface area (Å²) in [5.74, 6) is -0.414. The Bertz CT molecular complexity index is 1180. The molecule has 0 saturated carbocycles. The molecule has 2 aromatic carbocycles. The van der Waals surface area contributed by atoms with Gasteiger partial charge in [-0.05, 0) is 49.4 Å². The number of rotatable bonds is 2. The van der Waals surface area contributed by atoms with Crippen molar-refractivity contribution >= 4 is 11.7 Å². The minimum absolute atomic E-state index is 0.0322. The number of fused-ring (bicyclic) bond motifs is 1. The van der Waals surface area contributed by atoms with Crippen molar-refractivity contribution in [3.63, 3.8) is 0 Å². The molecular formula is C23H20F2N4O. The van der Waals surface area contributed by atoms with Gasteiger partial charge in [-0.2, -0.15) is 10.1 Å². The Labute approximate surface area is 172 Å². The highest BCUT2D eigenvalue weighted by Crippen LogP contribution is 2.44. The lowest BCUT2D eigenvalue weighted by atomic mass is 9.78. The van der Waals surface area contributed by atoms with E-state index >= 15 is 0 Å². The third-order valence-electron chi connectivity index (χ3n) is 5.78. The summed E-state index contributed by atoms with van der Waals surface area (Å²) >= 11 is 0. The molecule has 30 heavy (non-hydrogen) atoms. The maximum atomic E-state index is 14.0. The highest BCUT2D eigenvalue weighted by Gasteiger charge is 2.39. The summed E-state index contributed by atoms with van der Waals surface area (Å²) in [7, 11) is 0. The Morgan fingerprint density at radius 3 is 2.40 bits per heavy atom. The fraction of sp³-hybridized carbons (Fsp3) is 0.261. The van der Waals surface area contributed by atoms with Gasteiger partial charge in [0.25, 0.3) is 0 Å². The molecule has 1 N–H and O–H groups in total. The normalized spacial score (nSPS) is 20.6. The molecule has 2 aliphatic rings. The van der Waals surface area contributed by atoms with Crippen LogP contribution in [0.4, 0.5) is 14.7 Å². The largest absolute Gasteiger partial charge is 0.328 e. The summed E-state index contributed by atoms with van der Waals surface area (Å²) in [6.45, 7) is 3.77. The van der Waals surface area contributed by atoms with Crippen LogP contribution in [0.1, 0.15) is 47.3 Å². The van der Waals surface area contributed by atoms with Crippen molar-refractivity contribution in [1.82, 2.24) is 14.8 Å². The van der Waals surface area contributed by atoms with Crippen LogP contribution >= 0.6 is 0 Å². The van der Waals surface area contributed by atoms with Crippen LogP contribution in [0.3, 0.4) is 0 Å². The van der Waals surface area contributed by atoms with Gasteiger partial charge < -0.3 is 5.32 Å². The molecule has 0 fully saturated rings. The highest BCUT2D eigenvalue weighted by atomic mass is 19.1. The Hall–Kier alpha value is -3.35. The Kier molecular flexibility index (Phi) is 4.27. The zero-order valence-electron chi connectivity index (χ0n) is 16.6. The maximum absolute atomic E-state index is 14.0. The molecule has 1 aliphatic heterocycles. The van der Waals surface area contributed by atoms with Gasteiger partial charge in [-0.1, -0.05) is 29.8 Å². The first-order valence-electron chi connectivity index (χ1n) is 9.88. The molecule has 0 radical (unpaired) electrons. The molecule has 0 bridgehead atoms. The fourth-order valence-corrected chi connectivity index (χ4v) is 4.43. The molecule has 7 heteroatoms. The van der Waals surface area contributed by atoms with E-state index in [4.69, 9.17) is 0 Å². The lowest BCUT2D eigenvalue weighted by Gasteiger charge is -2.35. The zero-order valence-corrected chi connectivity index (χ0v) is 16.6. The first-order valence-corrected chi connectivity index (χ1v) is 9.88. The third kappa shape index (κ3) is 3.10. The monoisotopic (exact) mass is 406 g/mol. The topological polar surface area (TPSA) is 59.8 Å². The first kappa shape index (κ1) is 18.7. The number of nitrogens with one attached hydrogen (secondary N) is 1. The molecule has 0 saturated heterocycles. The van der Waals surface area contributed by atoms with E-state index in [1.165, 1.54) is 12.1 Å². The van der Waals surface area contributed by atoms with E-state index in [0.29, 0.717) is 35.8 Å². The van der Waals surface area contributed by atoms with Gasteiger partial charge in [0.05, 0.1) is 0 Å².